The first kappa shape index (κ1) is 84.8. The van der Waals surface area contributed by atoms with Crippen molar-refractivity contribution in [1.82, 2.24) is 43.9 Å². The molecule has 2 aromatic heterocycles. The van der Waals surface area contributed by atoms with Crippen LogP contribution in [0.4, 0.5) is 0 Å². The van der Waals surface area contributed by atoms with Crippen LogP contribution in [0.25, 0.3) is 0 Å². The fraction of sp³-hybridized carbons (Fsp3) is 0.727. The minimum absolute atomic E-state index is 0.137. The number of nitrogens with one attached hydrogen (secondary N) is 4. The molecule has 10 atom stereocenters. The van der Waals surface area contributed by atoms with Crippen LogP contribution in [0.5, 0.6) is 0 Å². The minimum Gasteiger partial charge on any atom is -0.466 e. The molecule has 0 saturated carbocycles. The van der Waals surface area contributed by atoms with Crippen LogP contribution in [0.15, 0.2) is 37.4 Å². The van der Waals surface area contributed by atoms with Crippen LogP contribution >= 0.6 is 37.5 Å². The predicted octanol–water partition coefficient (Wildman–Crippen LogP) is 3.46. The van der Waals surface area contributed by atoms with Crippen molar-refractivity contribution < 1.29 is 99.6 Å². The Labute approximate surface area is 471 Å². The zero-order valence-corrected chi connectivity index (χ0v) is 54.1. The Kier molecular flexibility index (Phi) is 47.2. The van der Waals surface area contributed by atoms with E-state index in [9.17, 15) is 51.6 Å². The molecular formula is C44H93N10O21P5. The Morgan fingerprint density at radius 1 is 0.550 bits per heavy atom. The highest BCUT2D eigenvalue weighted by molar-refractivity contribution is 7.59. The van der Waals surface area contributed by atoms with Gasteiger partial charge in [0.25, 0.3) is 15.0 Å². The van der Waals surface area contributed by atoms with E-state index in [0.717, 1.165) is 13.3 Å². The molecule has 2 heterocycles. The molecule has 0 fully saturated rings. The highest BCUT2D eigenvalue weighted by Gasteiger charge is 2.31. The molecule has 0 aromatic carbocycles. The van der Waals surface area contributed by atoms with Gasteiger partial charge in [0.15, 0.2) is 0 Å². The standard InChI is InChI=1S/C13H27N2O5P.C9H16N3O3P.C6H14NO4P.C6H13NO2.C5H11NO2.C4H7N2O2P.CH5O3P/c1-7-19-12(16)9-10(3)15(5)21(6,18)14-11(4)13(17)20-8-2;1-4-15-9(13)8(2)11-16(3,14)12-6-5-10-7-12;1-4-11-6(8)5(2)7-12(3,9)10;1-4-9-6(8)5(2)7-3;1-3-8-5(7)4(2)6;1-9(7,8)6-3-2-5-4-6;1-5(2,3)4/h10-11H,7-9H2,1-6H3,(H,14,18);5-8H,4H2,1-3H3,(H,11,14);5H,4H2,1-3H3,(H2,7,9,10);5,7H,4H2,1-3H3;4H,3,6H2,1-2H3;2-4H,1H3,(H,7,8);1H3,(H2,2,3,4). The second-order valence-electron chi connectivity index (χ2n) is 16.7. The third-order valence-electron chi connectivity index (χ3n) is 8.81. The number of aromatic nitrogens is 4. The molecule has 10 N–H and O–H groups in total. The van der Waals surface area contributed by atoms with Gasteiger partial charge in [-0.05, 0) is 97.2 Å². The predicted molar refractivity (Wildman–Crippen MR) is 303 cm³/mol. The zero-order chi connectivity index (χ0) is 63.8. The molecule has 2 aromatic rings. The summed E-state index contributed by atoms with van der Waals surface area (Å²) in [4.78, 5) is 107. The van der Waals surface area contributed by atoms with Crippen molar-refractivity contribution in [3.05, 3.63) is 37.4 Å². The van der Waals surface area contributed by atoms with Crippen LogP contribution in [0.2, 0.25) is 0 Å². The monoisotopic (exact) mass is 1250 g/mol. The number of rotatable bonds is 24. The summed E-state index contributed by atoms with van der Waals surface area (Å²) in [7, 11) is -12.5. The number of hydrogen-bond acceptors (Lipinski definition) is 21. The summed E-state index contributed by atoms with van der Waals surface area (Å²) in [5.41, 5.74) is 5.15. The lowest BCUT2D eigenvalue weighted by molar-refractivity contribution is -0.145. The number of nitrogens with zero attached hydrogens (tertiary/aromatic N) is 5. The van der Waals surface area contributed by atoms with Crippen molar-refractivity contribution >= 4 is 73.3 Å². The lowest BCUT2D eigenvalue weighted by Crippen LogP contribution is -2.40. The first-order chi connectivity index (χ1) is 36.5. The average molecular weight is 1250 g/mol. The molecule has 0 spiro atoms. The fourth-order valence-electron chi connectivity index (χ4n) is 4.77. The molecule has 0 bridgehead atoms. The Morgan fingerprint density at radius 3 is 1.15 bits per heavy atom. The van der Waals surface area contributed by atoms with Crippen molar-refractivity contribution in [2.45, 2.75) is 126 Å². The molecule has 0 saturated heterocycles. The number of carbonyl (C=O) groups is 6. The van der Waals surface area contributed by atoms with E-state index in [1.54, 1.807) is 101 Å². The van der Waals surface area contributed by atoms with Gasteiger partial charge in [-0.3, -0.25) is 60.3 Å². The lowest BCUT2D eigenvalue weighted by Gasteiger charge is -2.32. The molecule has 36 heteroatoms. The highest BCUT2D eigenvalue weighted by atomic mass is 31.2. The molecule has 2 rings (SSSR count). The van der Waals surface area contributed by atoms with E-state index in [-0.39, 0.29) is 49.6 Å². The Bertz CT molecular complexity index is 2270. The second kappa shape index (κ2) is 44.6. The molecule has 31 nitrogen and oxygen atoms in total. The van der Waals surface area contributed by atoms with Crippen LogP contribution in [-0.2, 0) is 80.0 Å². The molecule has 0 aliphatic heterocycles. The fourth-order valence-corrected chi connectivity index (χ4v) is 9.52. The van der Waals surface area contributed by atoms with E-state index in [1.807, 2.05) is 0 Å². The number of carbonyl (C=O) groups excluding carboxylic acids is 6. The molecule has 80 heavy (non-hydrogen) atoms. The smallest absolute Gasteiger partial charge is 0.323 e. The van der Waals surface area contributed by atoms with Gasteiger partial charge in [0.05, 0.1) is 46.1 Å². The van der Waals surface area contributed by atoms with Crippen molar-refractivity contribution in [1.29, 1.82) is 0 Å². The summed E-state index contributed by atoms with van der Waals surface area (Å²) in [5.74, 6) is -2.26. The van der Waals surface area contributed by atoms with Gasteiger partial charge in [0.2, 0.25) is 14.9 Å². The largest absolute Gasteiger partial charge is 0.466 e. The van der Waals surface area contributed by atoms with Gasteiger partial charge in [-0.15, -0.1) is 0 Å². The normalized spacial score (nSPS) is 15.8. The van der Waals surface area contributed by atoms with Crippen LogP contribution < -0.4 is 26.3 Å². The number of likely N-dealkylation sites (N-methyl/N-ethyl adjacent to an activating group) is 1. The van der Waals surface area contributed by atoms with Crippen molar-refractivity contribution in [3.8, 4) is 0 Å². The molecular weight excluding hydrogens is 1160 g/mol. The van der Waals surface area contributed by atoms with Crippen LogP contribution in [0.3, 0.4) is 0 Å². The maximum atomic E-state index is 12.7. The number of imidazole rings is 2. The van der Waals surface area contributed by atoms with E-state index in [4.69, 9.17) is 44.3 Å². The van der Waals surface area contributed by atoms with E-state index >= 15 is 0 Å². The van der Waals surface area contributed by atoms with E-state index in [1.165, 1.54) is 66.8 Å². The van der Waals surface area contributed by atoms with Crippen molar-refractivity contribution in [2.24, 2.45) is 5.73 Å². The van der Waals surface area contributed by atoms with Gasteiger partial charge in [0.1, 0.15) is 42.9 Å². The maximum absolute atomic E-state index is 12.7. The van der Waals surface area contributed by atoms with Gasteiger partial charge in [-0.25, -0.2) is 29.9 Å². The van der Waals surface area contributed by atoms with Gasteiger partial charge in [0, 0.05) is 64.2 Å². The number of nitrogens with two attached hydrogens (primary N) is 1. The van der Waals surface area contributed by atoms with Gasteiger partial charge in [-0.1, -0.05) is 0 Å². The summed E-state index contributed by atoms with van der Waals surface area (Å²) in [6, 6.07) is -3.00. The topological polar surface area (TPSA) is 437 Å². The molecule has 470 valence electrons. The van der Waals surface area contributed by atoms with Gasteiger partial charge >= 0.3 is 43.4 Å². The molecule has 0 aliphatic rings. The van der Waals surface area contributed by atoms with E-state index in [2.05, 4.69) is 40.0 Å². The molecule has 10 unspecified atom stereocenters. The van der Waals surface area contributed by atoms with E-state index < -0.39 is 79.6 Å². The second-order valence-corrected chi connectivity index (χ2v) is 27.7. The quantitative estimate of drug-likeness (QED) is 0.0413. The first-order valence-corrected chi connectivity index (χ1v) is 35.2. The van der Waals surface area contributed by atoms with Crippen molar-refractivity contribution in [2.75, 3.05) is 87.1 Å². The summed E-state index contributed by atoms with van der Waals surface area (Å²) in [5, 5.41) is 10.5. The highest BCUT2D eigenvalue weighted by Crippen LogP contribution is 2.42. The van der Waals surface area contributed by atoms with Crippen LogP contribution in [-0.4, -0.2) is 202 Å². The lowest BCUT2D eigenvalue weighted by atomic mass is 10.2. The summed E-state index contributed by atoms with van der Waals surface area (Å²) in [6.07, 6.45) is 8.95. The Balaban J connectivity index is -0.000000285. The third kappa shape index (κ3) is 47.6. The van der Waals surface area contributed by atoms with Crippen LogP contribution in [0.1, 0.15) is 89.5 Å². The molecule has 0 amide bonds. The van der Waals surface area contributed by atoms with Gasteiger partial charge in [-0.2, -0.15) is 0 Å². The van der Waals surface area contributed by atoms with E-state index in [0.29, 0.717) is 26.4 Å². The Hall–Kier alpha value is -4.01. The number of esters is 6. The molecule has 0 aliphatic carbocycles. The minimum atomic E-state index is -3.64. The average Bonchev–Trinajstić information content (AvgIpc) is 4.09. The number of ether oxygens (including phenoxy) is 6. The zero-order valence-electron chi connectivity index (χ0n) is 49.7. The third-order valence-corrected chi connectivity index (χ3v) is 15.2. The van der Waals surface area contributed by atoms with Crippen molar-refractivity contribution in [3.63, 3.8) is 0 Å². The summed E-state index contributed by atoms with van der Waals surface area (Å²) in [6.45, 7) is 28.5. The maximum Gasteiger partial charge on any atom is 0.323 e. The molecule has 0 radical (unpaired) electrons. The summed E-state index contributed by atoms with van der Waals surface area (Å²) >= 11 is 0. The van der Waals surface area contributed by atoms with Gasteiger partial charge < -0.3 is 59.0 Å². The first-order valence-electron chi connectivity index (χ1n) is 24.7. The summed E-state index contributed by atoms with van der Waals surface area (Å²) < 4.78 is 88.4. The Morgan fingerprint density at radius 2 is 0.875 bits per heavy atom. The number of hydrogen-bond donors (Lipinski definition) is 9. The SMILES string of the molecule is CCOC(=O)C(C)N.CCOC(=O)C(C)NC.CCOC(=O)C(C)NP(C)(=O)O.CCOC(=O)C(C)NP(C)(=O)n1ccnc1.CCOC(=O)CC(C)N(C)P(C)(=O)NC(C)C(=O)OCC.CP(=O)(O)O.CP(=O)(O)n1ccnc1. The van der Waals surface area contributed by atoms with Crippen LogP contribution in [0, 0.1) is 0 Å².